The minimum atomic E-state index is -0.936. The highest BCUT2D eigenvalue weighted by molar-refractivity contribution is 5.86. The van der Waals surface area contributed by atoms with Crippen LogP contribution in [0.15, 0.2) is 30.5 Å². The molecule has 0 aliphatic rings. The highest BCUT2D eigenvalue weighted by Crippen LogP contribution is 2.23. The summed E-state index contributed by atoms with van der Waals surface area (Å²) >= 11 is 0. The number of halogens is 1. The summed E-state index contributed by atoms with van der Waals surface area (Å²) in [4.78, 5) is 25.1. The normalized spacial score (nSPS) is 13.2. The Morgan fingerprint density at radius 3 is 2.28 bits per heavy atom. The molecule has 2 rings (SSSR count). The smallest absolute Gasteiger partial charge is 0.408 e. The van der Waals surface area contributed by atoms with Crippen LogP contribution in [0, 0.1) is 0 Å². The fourth-order valence-electron chi connectivity index (χ4n) is 3.00. The van der Waals surface area contributed by atoms with Gasteiger partial charge in [-0.3, -0.25) is 0 Å². The third-order valence-corrected chi connectivity index (χ3v) is 4.00. The van der Waals surface area contributed by atoms with E-state index in [-0.39, 0.29) is 13.0 Å². The van der Waals surface area contributed by atoms with Crippen LogP contribution in [-0.2, 0) is 27.2 Å². The maximum absolute atomic E-state index is 13.0. The van der Waals surface area contributed by atoms with Gasteiger partial charge in [-0.1, -0.05) is 18.2 Å². The topological polar surface area (TPSA) is 69.6 Å². The van der Waals surface area contributed by atoms with Crippen molar-refractivity contribution < 1.29 is 23.5 Å². The molecule has 1 heterocycles. The predicted octanol–water partition coefficient (Wildman–Crippen LogP) is 4.39. The van der Waals surface area contributed by atoms with Gasteiger partial charge in [-0.2, -0.15) is 0 Å². The van der Waals surface area contributed by atoms with E-state index in [0.717, 1.165) is 16.5 Å². The Morgan fingerprint density at radius 1 is 1.07 bits per heavy atom. The molecular weight excluding hydrogens is 375 g/mol. The second-order valence-electron chi connectivity index (χ2n) is 8.99. The van der Waals surface area contributed by atoms with Crippen LogP contribution in [0.5, 0.6) is 0 Å². The number of hydrogen-bond donors (Lipinski definition) is 1. The number of para-hydroxylation sites is 1. The zero-order valence-corrected chi connectivity index (χ0v) is 18.0. The van der Waals surface area contributed by atoms with Crippen molar-refractivity contribution in [1.29, 1.82) is 0 Å². The first kappa shape index (κ1) is 22.7. The number of amides is 1. The highest BCUT2D eigenvalue weighted by Gasteiger charge is 2.29. The van der Waals surface area contributed by atoms with Crippen LogP contribution in [0.3, 0.4) is 0 Å². The molecule has 1 amide bonds. The van der Waals surface area contributed by atoms with Crippen LogP contribution >= 0.6 is 0 Å². The summed E-state index contributed by atoms with van der Waals surface area (Å²) in [6, 6.07) is 6.64. The third-order valence-electron chi connectivity index (χ3n) is 4.00. The molecule has 0 radical (unpaired) electrons. The van der Waals surface area contributed by atoms with Gasteiger partial charge in [0.1, 0.15) is 23.9 Å². The number of alkyl carbamates (subject to hydrolysis) is 1. The molecule has 0 saturated heterocycles. The van der Waals surface area contributed by atoms with Gasteiger partial charge in [0.25, 0.3) is 0 Å². The number of benzene rings is 1. The van der Waals surface area contributed by atoms with E-state index in [1.807, 2.05) is 35.0 Å². The quantitative estimate of drug-likeness (QED) is 0.723. The summed E-state index contributed by atoms with van der Waals surface area (Å²) in [5, 5.41) is 3.53. The van der Waals surface area contributed by atoms with Crippen molar-refractivity contribution in [3.8, 4) is 0 Å². The molecule has 7 heteroatoms. The molecule has 0 unspecified atom stereocenters. The first-order chi connectivity index (χ1) is 13.4. The molecule has 1 aromatic heterocycles. The van der Waals surface area contributed by atoms with E-state index in [2.05, 4.69) is 5.32 Å². The fraction of sp³-hybridized carbons (Fsp3) is 0.545. The average Bonchev–Trinajstić information content (AvgIpc) is 2.89. The van der Waals surface area contributed by atoms with Gasteiger partial charge < -0.3 is 19.4 Å². The Balaban J connectivity index is 2.33. The van der Waals surface area contributed by atoms with E-state index >= 15 is 0 Å². The number of ether oxygens (including phenoxy) is 2. The Kier molecular flexibility index (Phi) is 6.93. The van der Waals surface area contributed by atoms with Gasteiger partial charge in [0, 0.05) is 23.5 Å². The SMILES string of the molecule is CC(C)(C)OC(=O)N[C@@H](Cc1cn(CCF)c2ccccc12)C(=O)OC(C)(C)C. The minimum Gasteiger partial charge on any atom is -0.458 e. The Hall–Kier alpha value is -2.57. The molecule has 0 fully saturated rings. The first-order valence-corrected chi connectivity index (χ1v) is 9.75. The van der Waals surface area contributed by atoms with Crippen LogP contribution in [0.2, 0.25) is 0 Å². The Morgan fingerprint density at radius 2 is 1.69 bits per heavy atom. The lowest BCUT2D eigenvalue weighted by Gasteiger charge is -2.26. The van der Waals surface area contributed by atoms with Crippen molar-refractivity contribution in [2.45, 2.75) is 71.8 Å². The number of aryl methyl sites for hydroxylation is 1. The first-order valence-electron chi connectivity index (χ1n) is 9.75. The van der Waals surface area contributed by atoms with Crippen LogP contribution in [0.25, 0.3) is 10.9 Å². The lowest BCUT2D eigenvalue weighted by Crippen LogP contribution is -2.47. The van der Waals surface area contributed by atoms with E-state index in [9.17, 15) is 14.0 Å². The van der Waals surface area contributed by atoms with Crippen molar-refractivity contribution in [3.63, 3.8) is 0 Å². The van der Waals surface area contributed by atoms with Gasteiger partial charge in [-0.25, -0.2) is 14.0 Å². The van der Waals surface area contributed by atoms with Gasteiger partial charge in [0.15, 0.2) is 0 Å². The lowest BCUT2D eigenvalue weighted by atomic mass is 10.0. The van der Waals surface area contributed by atoms with E-state index in [0.29, 0.717) is 0 Å². The molecule has 0 spiro atoms. The number of carbonyl (C=O) groups excluding carboxylic acids is 2. The molecule has 0 aliphatic heterocycles. The predicted molar refractivity (Wildman–Crippen MR) is 111 cm³/mol. The second kappa shape index (κ2) is 8.84. The van der Waals surface area contributed by atoms with Crippen molar-refractivity contribution in [2.24, 2.45) is 0 Å². The largest absolute Gasteiger partial charge is 0.458 e. The van der Waals surface area contributed by atoms with Crippen molar-refractivity contribution in [3.05, 3.63) is 36.0 Å². The van der Waals surface area contributed by atoms with Gasteiger partial charge in [0.2, 0.25) is 0 Å². The van der Waals surface area contributed by atoms with Crippen LogP contribution in [0.1, 0.15) is 47.1 Å². The molecular formula is C22H31FN2O4. The van der Waals surface area contributed by atoms with Gasteiger partial charge in [-0.15, -0.1) is 0 Å². The molecule has 1 aromatic carbocycles. The second-order valence-corrected chi connectivity index (χ2v) is 8.99. The molecule has 0 saturated carbocycles. The minimum absolute atomic E-state index is 0.202. The van der Waals surface area contributed by atoms with Crippen LogP contribution < -0.4 is 5.32 Å². The lowest BCUT2D eigenvalue weighted by molar-refractivity contribution is -0.157. The molecule has 6 nitrogen and oxygen atoms in total. The average molecular weight is 406 g/mol. The number of nitrogens with zero attached hydrogens (tertiary/aromatic N) is 1. The van der Waals surface area contributed by atoms with Crippen molar-refractivity contribution >= 4 is 23.0 Å². The third kappa shape index (κ3) is 6.76. The molecule has 1 atom stereocenters. The number of esters is 1. The number of fused-ring (bicyclic) bond motifs is 1. The number of alkyl halides is 1. The van der Waals surface area contributed by atoms with Gasteiger partial charge in [0.05, 0.1) is 6.54 Å². The Bertz CT molecular complexity index is 862. The molecule has 2 aromatic rings. The summed E-state index contributed by atoms with van der Waals surface area (Å²) in [5.74, 6) is -0.550. The Labute approximate surface area is 171 Å². The number of rotatable bonds is 6. The summed E-state index contributed by atoms with van der Waals surface area (Å²) in [7, 11) is 0. The molecule has 29 heavy (non-hydrogen) atoms. The van der Waals surface area contributed by atoms with E-state index in [1.54, 1.807) is 41.5 Å². The molecule has 1 N–H and O–H groups in total. The van der Waals surface area contributed by atoms with Gasteiger partial charge in [-0.05, 0) is 53.2 Å². The fourth-order valence-corrected chi connectivity index (χ4v) is 3.00. The van der Waals surface area contributed by atoms with Crippen molar-refractivity contribution in [1.82, 2.24) is 9.88 Å². The van der Waals surface area contributed by atoms with E-state index < -0.39 is 36.0 Å². The maximum atomic E-state index is 13.0. The molecule has 0 aliphatic carbocycles. The maximum Gasteiger partial charge on any atom is 0.408 e. The van der Waals surface area contributed by atoms with Gasteiger partial charge >= 0.3 is 12.1 Å². The summed E-state index contributed by atoms with van der Waals surface area (Å²) in [6.45, 7) is 10.3. The van der Waals surface area contributed by atoms with E-state index in [1.165, 1.54) is 0 Å². The summed E-state index contributed by atoms with van der Waals surface area (Å²) < 4.78 is 25.6. The van der Waals surface area contributed by atoms with Crippen LogP contribution in [0.4, 0.5) is 9.18 Å². The molecule has 160 valence electrons. The van der Waals surface area contributed by atoms with Crippen molar-refractivity contribution in [2.75, 3.05) is 6.67 Å². The zero-order valence-electron chi connectivity index (χ0n) is 18.0. The number of aromatic nitrogens is 1. The number of carbonyl (C=O) groups is 2. The molecule has 0 bridgehead atoms. The zero-order chi connectivity index (χ0) is 21.8. The summed E-state index contributed by atoms with van der Waals surface area (Å²) in [6.07, 6.45) is 1.33. The number of hydrogen-bond acceptors (Lipinski definition) is 4. The standard InChI is InChI=1S/C22H31FN2O4/c1-21(2,3)28-19(26)17(24-20(27)29-22(4,5)6)13-15-14-25(12-11-23)18-10-8-7-9-16(15)18/h7-10,14,17H,11-13H2,1-6H3,(H,24,27)/t17-/m0/s1. The van der Waals surface area contributed by atoms with E-state index in [4.69, 9.17) is 9.47 Å². The highest BCUT2D eigenvalue weighted by atomic mass is 19.1. The number of nitrogens with one attached hydrogen (secondary N) is 1. The monoisotopic (exact) mass is 406 g/mol. The van der Waals surface area contributed by atoms with Crippen LogP contribution in [-0.4, -0.2) is 40.5 Å². The summed E-state index contributed by atoms with van der Waals surface area (Å²) in [5.41, 5.74) is 0.300.